The number of carbonyl (C=O) groups is 2. The molecule has 0 fully saturated rings. The Balaban J connectivity index is 1.57. The number of carbonyl (C=O) groups excluding carboxylic acids is 2. The van der Waals surface area contributed by atoms with Gasteiger partial charge in [0.2, 0.25) is 12.7 Å². The standard InChI is InChI=1S/C29H31N3O7/c1-29(2,14-13-26(34)32-22-9-5-4-8-21(22)30)27(20-7-3-6-10-23(20)36-16-15-33)39-28(35)31-19-11-12-24-25(17-19)38-18-37-24/h3-14,17,27,33H,15-16,18,30H2,1-2H3,(H,31,35)(H,32,34)/b14-13+/t27-/m1/s1. The number of anilines is 3. The summed E-state index contributed by atoms with van der Waals surface area (Å²) < 4.78 is 22.4. The Morgan fingerprint density at radius 3 is 2.59 bits per heavy atom. The van der Waals surface area contributed by atoms with Gasteiger partial charge in [-0.3, -0.25) is 10.1 Å². The Morgan fingerprint density at radius 1 is 1.05 bits per heavy atom. The summed E-state index contributed by atoms with van der Waals surface area (Å²) in [4.78, 5) is 25.8. The predicted molar refractivity (Wildman–Crippen MR) is 147 cm³/mol. The smallest absolute Gasteiger partial charge is 0.412 e. The second kappa shape index (κ2) is 12.2. The first-order valence-corrected chi connectivity index (χ1v) is 12.3. The highest BCUT2D eigenvalue weighted by Gasteiger charge is 2.35. The van der Waals surface area contributed by atoms with Crippen molar-refractivity contribution in [3.8, 4) is 17.2 Å². The van der Waals surface area contributed by atoms with Crippen LogP contribution in [0.15, 0.2) is 78.9 Å². The quantitative estimate of drug-likeness (QED) is 0.213. The fourth-order valence-corrected chi connectivity index (χ4v) is 3.99. The largest absolute Gasteiger partial charge is 0.491 e. The summed E-state index contributed by atoms with van der Waals surface area (Å²) in [6, 6.07) is 19.0. The Hall–Kier alpha value is -4.70. The summed E-state index contributed by atoms with van der Waals surface area (Å²) in [5, 5.41) is 14.7. The molecule has 0 spiro atoms. The molecule has 0 saturated carbocycles. The molecule has 0 aliphatic carbocycles. The van der Waals surface area contributed by atoms with Crippen LogP contribution in [0.4, 0.5) is 21.9 Å². The number of benzene rings is 3. The molecule has 5 N–H and O–H groups in total. The number of amides is 2. The van der Waals surface area contributed by atoms with E-state index in [9.17, 15) is 14.7 Å². The van der Waals surface area contributed by atoms with Gasteiger partial charge in [-0.1, -0.05) is 50.3 Å². The predicted octanol–water partition coefficient (Wildman–Crippen LogP) is 4.88. The third-order valence-electron chi connectivity index (χ3n) is 5.95. The van der Waals surface area contributed by atoms with Crippen LogP contribution in [0.5, 0.6) is 17.2 Å². The summed E-state index contributed by atoms with van der Waals surface area (Å²) >= 11 is 0. The maximum Gasteiger partial charge on any atom is 0.412 e. The van der Waals surface area contributed by atoms with Crippen molar-refractivity contribution < 1.29 is 33.6 Å². The van der Waals surface area contributed by atoms with E-state index in [1.807, 2.05) is 13.8 Å². The molecule has 0 bridgehead atoms. The van der Waals surface area contributed by atoms with E-state index in [2.05, 4.69) is 10.6 Å². The van der Waals surface area contributed by atoms with Crippen LogP contribution in [0.3, 0.4) is 0 Å². The molecule has 0 radical (unpaired) electrons. The first-order chi connectivity index (χ1) is 18.8. The normalized spacial score (nSPS) is 13.1. The van der Waals surface area contributed by atoms with Gasteiger partial charge in [-0.2, -0.15) is 0 Å². The third kappa shape index (κ3) is 6.99. The van der Waals surface area contributed by atoms with Crippen LogP contribution in [0.2, 0.25) is 0 Å². The number of nitrogens with one attached hydrogen (secondary N) is 2. The monoisotopic (exact) mass is 533 g/mol. The molecular weight excluding hydrogens is 502 g/mol. The first-order valence-electron chi connectivity index (χ1n) is 12.3. The Bertz CT molecular complexity index is 1360. The average molecular weight is 534 g/mol. The van der Waals surface area contributed by atoms with Gasteiger partial charge in [-0.15, -0.1) is 0 Å². The minimum atomic E-state index is -0.884. The van der Waals surface area contributed by atoms with Crippen molar-refractivity contribution in [2.24, 2.45) is 5.41 Å². The maximum absolute atomic E-state index is 13.1. The molecule has 3 aromatic rings. The molecule has 2 amide bonds. The lowest BCUT2D eigenvalue weighted by Gasteiger charge is -2.32. The number of rotatable bonds is 10. The lowest BCUT2D eigenvalue weighted by atomic mass is 9.81. The molecular formula is C29H31N3O7. The number of hydrogen-bond acceptors (Lipinski definition) is 8. The molecule has 0 unspecified atom stereocenters. The number of nitrogens with two attached hydrogens (primary N) is 1. The molecule has 204 valence electrons. The highest BCUT2D eigenvalue weighted by Crippen LogP contribution is 2.42. The molecule has 1 aliphatic heterocycles. The zero-order valence-electron chi connectivity index (χ0n) is 21.7. The zero-order chi connectivity index (χ0) is 27.8. The summed E-state index contributed by atoms with van der Waals surface area (Å²) in [6.07, 6.45) is 1.42. The topological polar surface area (TPSA) is 141 Å². The number of aliphatic hydroxyl groups excluding tert-OH is 1. The van der Waals surface area contributed by atoms with Crippen LogP contribution in [0.1, 0.15) is 25.5 Å². The molecule has 4 rings (SSSR count). The van der Waals surface area contributed by atoms with Crippen molar-refractivity contribution in [1.82, 2.24) is 0 Å². The van der Waals surface area contributed by atoms with E-state index in [1.54, 1.807) is 72.8 Å². The third-order valence-corrected chi connectivity index (χ3v) is 5.95. The number of ether oxygens (including phenoxy) is 4. The van der Waals surface area contributed by atoms with E-state index in [4.69, 9.17) is 24.7 Å². The molecule has 1 atom stereocenters. The molecule has 3 aromatic carbocycles. The second-order valence-corrected chi connectivity index (χ2v) is 9.32. The van der Waals surface area contributed by atoms with E-state index in [0.717, 1.165) is 0 Å². The zero-order valence-corrected chi connectivity index (χ0v) is 21.7. The van der Waals surface area contributed by atoms with Gasteiger partial charge in [0.15, 0.2) is 11.5 Å². The van der Waals surface area contributed by atoms with Crippen molar-refractivity contribution in [2.45, 2.75) is 20.0 Å². The van der Waals surface area contributed by atoms with Crippen LogP contribution in [-0.4, -0.2) is 37.1 Å². The molecule has 1 aliphatic rings. The number of hydrogen-bond donors (Lipinski definition) is 4. The van der Waals surface area contributed by atoms with Crippen molar-refractivity contribution in [1.29, 1.82) is 0 Å². The Labute approximate surface area is 226 Å². The number of aliphatic hydroxyl groups is 1. The maximum atomic E-state index is 13.1. The summed E-state index contributed by atoms with van der Waals surface area (Å²) in [5.41, 5.74) is 7.00. The fraction of sp³-hybridized carbons (Fsp3) is 0.241. The average Bonchev–Trinajstić information content (AvgIpc) is 3.39. The van der Waals surface area contributed by atoms with Crippen molar-refractivity contribution >= 4 is 29.1 Å². The van der Waals surface area contributed by atoms with E-state index in [-0.39, 0.29) is 20.0 Å². The van der Waals surface area contributed by atoms with Gasteiger partial charge in [-0.05, 0) is 36.4 Å². The van der Waals surface area contributed by atoms with E-state index < -0.39 is 23.5 Å². The highest BCUT2D eigenvalue weighted by atomic mass is 16.7. The lowest BCUT2D eigenvalue weighted by molar-refractivity contribution is -0.112. The Kier molecular flexibility index (Phi) is 8.57. The van der Waals surface area contributed by atoms with Crippen LogP contribution in [0.25, 0.3) is 0 Å². The highest BCUT2D eigenvalue weighted by molar-refractivity contribution is 6.01. The SMILES string of the molecule is CC(C)(/C=C/C(=O)Nc1ccccc1N)[C@H](OC(=O)Nc1ccc2c(c1)OCO2)c1ccccc1OCCO. The summed E-state index contributed by atoms with van der Waals surface area (Å²) in [7, 11) is 0. The van der Waals surface area contributed by atoms with Gasteiger partial charge < -0.3 is 35.1 Å². The summed E-state index contributed by atoms with van der Waals surface area (Å²) in [5.74, 6) is 1.15. The van der Waals surface area contributed by atoms with Crippen LogP contribution in [-0.2, 0) is 9.53 Å². The number of nitrogen functional groups attached to an aromatic ring is 1. The van der Waals surface area contributed by atoms with Crippen molar-refractivity contribution in [3.63, 3.8) is 0 Å². The van der Waals surface area contributed by atoms with Gasteiger partial charge in [0.05, 0.1) is 18.0 Å². The first kappa shape index (κ1) is 27.3. The molecule has 39 heavy (non-hydrogen) atoms. The molecule has 0 saturated heterocycles. The van der Waals surface area contributed by atoms with Gasteiger partial charge in [0.25, 0.3) is 0 Å². The lowest BCUT2D eigenvalue weighted by Crippen LogP contribution is -2.28. The fourth-order valence-electron chi connectivity index (χ4n) is 3.99. The minimum absolute atomic E-state index is 0.0598. The van der Waals surface area contributed by atoms with Crippen molar-refractivity contribution in [3.05, 3.63) is 84.4 Å². The Morgan fingerprint density at radius 2 is 1.79 bits per heavy atom. The molecule has 0 aromatic heterocycles. The molecule has 1 heterocycles. The molecule has 10 nitrogen and oxygen atoms in total. The van der Waals surface area contributed by atoms with Crippen LogP contribution < -0.4 is 30.6 Å². The summed E-state index contributed by atoms with van der Waals surface area (Å²) in [6.45, 7) is 3.64. The van der Waals surface area contributed by atoms with Gasteiger partial charge in [0.1, 0.15) is 18.5 Å². The van der Waals surface area contributed by atoms with Gasteiger partial charge >= 0.3 is 6.09 Å². The second-order valence-electron chi connectivity index (χ2n) is 9.32. The molecule has 10 heteroatoms. The van der Waals surface area contributed by atoms with Gasteiger partial charge in [0, 0.05) is 22.7 Å². The van der Waals surface area contributed by atoms with E-state index >= 15 is 0 Å². The number of fused-ring (bicyclic) bond motifs is 1. The van der Waals surface area contributed by atoms with Gasteiger partial charge in [-0.25, -0.2) is 4.79 Å². The van der Waals surface area contributed by atoms with Crippen molar-refractivity contribution in [2.75, 3.05) is 36.4 Å². The van der Waals surface area contributed by atoms with Crippen LogP contribution in [0, 0.1) is 5.41 Å². The van der Waals surface area contributed by atoms with E-state index in [0.29, 0.717) is 39.9 Å². The number of para-hydroxylation sites is 3. The van der Waals surface area contributed by atoms with E-state index in [1.165, 1.54) is 6.08 Å². The van der Waals surface area contributed by atoms with Crippen LogP contribution >= 0.6 is 0 Å². The minimum Gasteiger partial charge on any atom is -0.491 e.